The fourth-order valence-corrected chi connectivity index (χ4v) is 3.85. The molecule has 2 aromatic carbocycles. The van der Waals surface area contributed by atoms with Crippen molar-refractivity contribution in [3.05, 3.63) is 46.2 Å². The van der Waals surface area contributed by atoms with Crippen LogP contribution >= 0.6 is 15.9 Å². The van der Waals surface area contributed by atoms with Gasteiger partial charge in [-0.2, -0.15) is 0 Å². The third kappa shape index (κ3) is 4.87. The van der Waals surface area contributed by atoms with E-state index in [2.05, 4.69) is 36.0 Å². The van der Waals surface area contributed by atoms with Crippen LogP contribution in [0.5, 0.6) is 11.5 Å². The summed E-state index contributed by atoms with van der Waals surface area (Å²) < 4.78 is 55.6. The van der Waals surface area contributed by atoms with Crippen molar-refractivity contribution in [2.75, 3.05) is 10.6 Å². The first-order valence-corrected chi connectivity index (χ1v) is 10.8. The van der Waals surface area contributed by atoms with Gasteiger partial charge in [0.05, 0.1) is 16.8 Å². The van der Waals surface area contributed by atoms with Crippen molar-refractivity contribution in [1.29, 1.82) is 0 Å². The molecule has 2 aliphatic rings. The number of ether oxygens (including phenoxy) is 3. The molecule has 2 amide bonds. The van der Waals surface area contributed by atoms with Crippen LogP contribution in [0.4, 0.5) is 29.3 Å². The van der Waals surface area contributed by atoms with Gasteiger partial charge < -0.3 is 19.5 Å². The summed E-state index contributed by atoms with van der Waals surface area (Å²) in [4.78, 5) is 25.0. The van der Waals surface area contributed by atoms with Crippen LogP contribution in [0.3, 0.4) is 0 Å². The van der Waals surface area contributed by atoms with E-state index >= 15 is 0 Å². The van der Waals surface area contributed by atoms with Gasteiger partial charge in [0.1, 0.15) is 11.4 Å². The fraction of sp³-hybridized carbons (Fsp3) is 0.364. The Morgan fingerprint density at radius 1 is 1.03 bits per heavy atom. The number of benzene rings is 2. The number of carbonyl (C=O) groups is 2. The van der Waals surface area contributed by atoms with Crippen molar-refractivity contribution < 1.29 is 37.0 Å². The fourth-order valence-electron chi connectivity index (χ4n) is 3.41. The first-order valence-electron chi connectivity index (χ1n) is 9.99. The Bertz CT molecular complexity index is 1150. The summed E-state index contributed by atoms with van der Waals surface area (Å²) in [5, 5.41) is 4.99. The number of hydrogen-bond donors (Lipinski definition) is 2. The van der Waals surface area contributed by atoms with Crippen molar-refractivity contribution >= 4 is 39.3 Å². The van der Waals surface area contributed by atoms with Gasteiger partial charge in [0.2, 0.25) is 5.91 Å². The van der Waals surface area contributed by atoms with Crippen molar-refractivity contribution in [2.45, 2.75) is 50.9 Å². The molecular formula is C22H20BrF3N2O5. The number of amides is 2. The van der Waals surface area contributed by atoms with Gasteiger partial charge in [-0.25, -0.2) is 9.18 Å². The molecule has 176 valence electrons. The molecule has 0 atom stereocenters. The first-order chi connectivity index (χ1) is 15.3. The number of nitrogens with one attached hydrogen (secondary N) is 2. The minimum Gasteiger partial charge on any atom is -0.444 e. The Kier molecular flexibility index (Phi) is 5.50. The largest absolute Gasteiger partial charge is 0.586 e. The number of rotatable bonds is 4. The maximum Gasteiger partial charge on any atom is 0.586 e. The Hall–Kier alpha value is -2.95. The number of hydrogen-bond acceptors (Lipinski definition) is 5. The quantitative estimate of drug-likeness (QED) is 0.513. The highest BCUT2D eigenvalue weighted by atomic mass is 79.9. The second kappa shape index (κ2) is 7.82. The zero-order valence-electron chi connectivity index (χ0n) is 17.9. The Labute approximate surface area is 195 Å². The van der Waals surface area contributed by atoms with E-state index in [0.717, 1.165) is 6.07 Å². The van der Waals surface area contributed by atoms with Crippen LogP contribution in [0.1, 0.15) is 39.2 Å². The van der Waals surface area contributed by atoms with Crippen LogP contribution < -0.4 is 20.1 Å². The van der Waals surface area contributed by atoms with Crippen molar-refractivity contribution in [1.82, 2.24) is 0 Å². The highest BCUT2D eigenvalue weighted by Gasteiger charge is 2.53. The van der Waals surface area contributed by atoms with Crippen molar-refractivity contribution in [3.8, 4) is 11.5 Å². The standard InChI is InChI=1S/C22H20BrF3N2O5/c1-20(2,3)33-19(30)28-14-10-13(24)15(9-12(14)23)27-18(29)21(6-7-21)11-4-5-16-17(8-11)32-22(25,26)31-16/h4-5,8-10H,6-7H2,1-3H3,(H,27,29)(H,28,30). The molecule has 0 radical (unpaired) electrons. The molecule has 11 heteroatoms. The summed E-state index contributed by atoms with van der Waals surface area (Å²) in [5.74, 6) is -1.56. The van der Waals surface area contributed by atoms with E-state index in [-0.39, 0.29) is 22.9 Å². The minimum atomic E-state index is -3.76. The number of anilines is 2. The van der Waals surface area contributed by atoms with E-state index in [1.807, 2.05) is 0 Å². The molecule has 7 nitrogen and oxygen atoms in total. The van der Waals surface area contributed by atoms with Crippen LogP contribution in [0.2, 0.25) is 0 Å². The molecule has 1 fully saturated rings. The molecule has 1 aliphatic carbocycles. The molecule has 0 unspecified atom stereocenters. The zero-order valence-corrected chi connectivity index (χ0v) is 19.4. The average molecular weight is 529 g/mol. The van der Waals surface area contributed by atoms with Crippen LogP contribution in [-0.4, -0.2) is 23.9 Å². The van der Waals surface area contributed by atoms with Gasteiger partial charge in [-0.05, 0) is 73.3 Å². The molecule has 0 bridgehead atoms. The van der Waals surface area contributed by atoms with Crippen LogP contribution in [0.15, 0.2) is 34.8 Å². The average Bonchev–Trinajstić information content (AvgIpc) is 3.41. The number of halogens is 4. The second-order valence-corrected chi connectivity index (χ2v) is 9.66. The maximum absolute atomic E-state index is 14.7. The number of carbonyl (C=O) groups excluding carboxylic acids is 2. The first kappa shape index (κ1) is 23.2. The molecule has 33 heavy (non-hydrogen) atoms. The topological polar surface area (TPSA) is 85.9 Å². The minimum absolute atomic E-state index is 0.111. The molecule has 2 N–H and O–H groups in total. The predicted octanol–water partition coefficient (Wildman–Crippen LogP) is 5.93. The molecule has 0 saturated heterocycles. The SMILES string of the molecule is CC(C)(C)OC(=O)Nc1cc(F)c(NC(=O)C2(c3ccc4c(c3)OC(F)(F)O4)CC2)cc1Br. The van der Waals surface area contributed by atoms with Crippen LogP contribution in [-0.2, 0) is 14.9 Å². The summed E-state index contributed by atoms with van der Waals surface area (Å²) in [5.41, 5.74) is -1.25. The Balaban J connectivity index is 1.50. The molecule has 2 aromatic rings. The van der Waals surface area contributed by atoms with E-state index in [4.69, 9.17) is 4.74 Å². The second-order valence-electron chi connectivity index (χ2n) is 8.80. The molecule has 1 saturated carbocycles. The van der Waals surface area contributed by atoms with E-state index in [0.29, 0.717) is 22.9 Å². The van der Waals surface area contributed by atoms with E-state index in [1.165, 1.54) is 24.3 Å². The summed E-state index contributed by atoms with van der Waals surface area (Å²) >= 11 is 3.25. The highest BCUT2D eigenvalue weighted by molar-refractivity contribution is 9.10. The smallest absolute Gasteiger partial charge is 0.444 e. The van der Waals surface area contributed by atoms with E-state index in [1.54, 1.807) is 20.8 Å². The highest BCUT2D eigenvalue weighted by Crippen LogP contribution is 2.52. The van der Waals surface area contributed by atoms with Crippen molar-refractivity contribution in [2.24, 2.45) is 0 Å². The third-order valence-electron chi connectivity index (χ3n) is 5.08. The lowest BCUT2D eigenvalue weighted by Gasteiger charge is -2.20. The lowest BCUT2D eigenvalue weighted by atomic mass is 9.94. The number of alkyl halides is 2. The van der Waals surface area contributed by atoms with Gasteiger partial charge in [-0.1, -0.05) is 6.07 Å². The zero-order chi connectivity index (χ0) is 24.2. The predicted molar refractivity (Wildman–Crippen MR) is 116 cm³/mol. The maximum atomic E-state index is 14.7. The van der Waals surface area contributed by atoms with Crippen LogP contribution in [0, 0.1) is 5.82 Å². The number of fused-ring (bicyclic) bond motifs is 1. The van der Waals surface area contributed by atoms with Crippen molar-refractivity contribution in [3.63, 3.8) is 0 Å². The lowest BCUT2D eigenvalue weighted by molar-refractivity contribution is -0.286. The van der Waals surface area contributed by atoms with E-state index < -0.39 is 35.1 Å². The van der Waals surface area contributed by atoms with E-state index in [9.17, 15) is 22.8 Å². The normalized spacial score (nSPS) is 17.3. The molecule has 4 rings (SSSR count). The summed E-state index contributed by atoms with van der Waals surface area (Å²) in [6.45, 7) is 5.08. The van der Waals surface area contributed by atoms with Gasteiger partial charge in [0, 0.05) is 10.5 Å². The summed E-state index contributed by atoms with van der Waals surface area (Å²) in [6.07, 6.45) is -3.61. The van der Waals surface area contributed by atoms with Gasteiger partial charge in [-0.3, -0.25) is 10.1 Å². The molecule has 1 aliphatic heterocycles. The monoisotopic (exact) mass is 528 g/mol. The summed E-state index contributed by atoms with van der Waals surface area (Å²) in [6, 6.07) is 6.52. The molecule has 1 heterocycles. The molecule has 0 spiro atoms. The summed E-state index contributed by atoms with van der Waals surface area (Å²) in [7, 11) is 0. The Morgan fingerprint density at radius 3 is 2.33 bits per heavy atom. The van der Waals surface area contributed by atoms with Gasteiger partial charge >= 0.3 is 12.4 Å². The van der Waals surface area contributed by atoms with Gasteiger partial charge in [-0.15, -0.1) is 8.78 Å². The van der Waals surface area contributed by atoms with Gasteiger partial charge in [0.25, 0.3) is 0 Å². The Morgan fingerprint density at radius 2 is 1.70 bits per heavy atom. The molecule has 0 aromatic heterocycles. The third-order valence-corrected chi connectivity index (χ3v) is 5.74. The van der Waals surface area contributed by atoms with Gasteiger partial charge in [0.15, 0.2) is 11.5 Å². The van der Waals surface area contributed by atoms with Crippen LogP contribution in [0.25, 0.3) is 0 Å². The molecular weight excluding hydrogens is 509 g/mol. The lowest BCUT2D eigenvalue weighted by Crippen LogP contribution is -2.28.